The summed E-state index contributed by atoms with van der Waals surface area (Å²) < 4.78 is 20.2. The van der Waals surface area contributed by atoms with Gasteiger partial charge in [-0.3, -0.25) is 9.48 Å². The molecule has 0 N–H and O–H groups in total. The lowest BCUT2D eigenvalue weighted by Crippen LogP contribution is -2.39. The molecule has 168 valence electrons. The zero-order valence-electron chi connectivity index (χ0n) is 18.5. The quantitative estimate of drug-likeness (QED) is 0.647. The fraction of sp³-hybridized carbons (Fsp3) is 0.591. The Morgan fingerprint density at radius 1 is 1.29 bits per heavy atom. The van der Waals surface area contributed by atoms with Gasteiger partial charge in [0.15, 0.2) is 5.43 Å². The van der Waals surface area contributed by atoms with Crippen LogP contribution >= 0.6 is 11.6 Å². The van der Waals surface area contributed by atoms with Crippen LogP contribution < -0.4 is 10.2 Å². The lowest BCUT2D eigenvalue weighted by Gasteiger charge is -2.38. The topological polar surface area (TPSA) is 84.6 Å². The number of aromatic nitrogens is 3. The minimum absolute atomic E-state index is 0.00574. The number of halogens is 1. The van der Waals surface area contributed by atoms with Gasteiger partial charge < -0.3 is 18.8 Å². The number of carbonyl (C=O) groups is 1. The summed E-state index contributed by atoms with van der Waals surface area (Å²) in [5.41, 5.74) is 0.659. The first-order chi connectivity index (χ1) is 14.6. The molecule has 1 saturated carbocycles. The summed E-state index contributed by atoms with van der Waals surface area (Å²) in [7, 11) is 1.69. The Morgan fingerprint density at radius 3 is 2.61 bits per heavy atom. The number of esters is 1. The molecule has 1 aliphatic carbocycles. The molecular weight excluding hydrogens is 422 g/mol. The Hall–Kier alpha value is -2.32. The smallest absolute Gasteiger partial charge is 0.343 e. The van der Waals surface area contributed by atoms with Crippen LogP contribution in [0.25, 0.3) is 11.4 Å². The third-order valence-electron chi connectivity index (χ3n) is 6.03. The maximum absolute atomic E-state index is 12.8. The average molecular weight is 450 g/mol. The first-order valence-electron chi connectivity index (χ1n) is 10.5. The molecule has 1 aliphatic heterocycles. The van der Waals surface area contributed by atoms with Crippen LogP contribution in [-0.4, -0.2) is 46.2 Å². The van der Waals surface area contributed by atoms with Gasteiger partial charge in [-0.1, -0.05) is 32.4 Å². The minimum atomic E-state index is -0.623. The summed E-state index contributed by atoms with van der Waals surface area (Å²) >= 11 is 6.69. The first-order valence-corrected chi connectivity index (χ1v) is 10.9. The zero-order valence-corrected chi connectivity index (χ0v) is 19.2. The number of rotatable bonds is 5. The van der Waals surface area contributed by atoms with Crippen molar-refractivity contribution in [1.82, 2.24) is 14.3 Å². The lowest BCUT2D eigenvalue weighted by atomic mass is 9.85. The molecule has 31 heavy (non-hydrogen) atoms. The van der Waals surface area contributed by atoms with E-state index in [1.165, 1.54) is 6.07 Å². The largest absolute Gasteiger partial charge is 0.472 e. The SMILES string of the molecule is CCOC(=O)c1cn2c(cc1=O)-c1c(Cl)c(OC3CC(OC)C3)nn1C[C@H]2C(C)(C)C. The zero-order chi connectivity index (χ0) is 22.5. The van der Waals surface area contributed by atoms with Gasteiger partial charge in [0.25, 0.3) is 5.88 Å². The Labute approximate surface area is 186 Å². The van der Waals surface area contributed by atoms with Crippen LogP contribution in [0.2, 0.25) is 5.02 Å². The second-order valence-electron chi connectivity index (χ2n) is 9.16. The number of nitrogens with zero attached hydrogens (tertiary/aromatic N) is 3. The second-order valence-corrected chi connectivity index (χ2v) is 9.54. The molecule has 0 unspecified atom stereocenters. The van der Waals surface area contributed by atoms with E-state index < -0.39 is 11.4 Å². The molecule has 0 bridgehead atoms. The standard InChI is InChI=1S/C22H28ClN3O5/c1-6-30-21(28)14-10-25-15(9-16(14)27)19-18(23)20(31-13-7-12(8-13)29-5)24-26(19)11-17(25)22(2,3)4/h9-10,12-13,17H,6-8,11H2,1-5H3/t12?,13?,17-/m0/s1. The molecule has 0 saturated heterocycles. The number of fused-ring (bicyclic) bond motifs is 3. The number of hydrogen-bond acceptors (Lipinski definition) is 6. The van der Waals surface area contributed by atoms with Gasteiger partial charge >= 0.3 is 5.97 Å². The van der Waals surface area contributed by atoms with E-state index in [-0.39, 0.29) is 35.8 Å². The van der Waals surface area contributed by atoms with Crippen LogP contribution in [0, 0.1) is 5.41 Å². The third kappa shape index (κ3) is 3.87. The molecule has 0 amide bonds. The van der Waals surface area contributed by atoms with Crippen LogP contribution in [0.15, 0.2) is 17.1 Å². The van der Waals surface area contributed by atoms with Gasteiger partial charge in [-0.05, 0) is 12.3 Å². The molecule has 1 fully saturated rings. The number of methoxy groups -OCH3 is 1. The van der Waals surface area contributed by atoms with E-state index in [2.05, 4.69) is 25.9 Å². The van der Waals surface area contributed by atoms with Crippen molar-refractivity contribution < 1.29 is 19.0 Å². The third-order valence-corrected chi connectivity index (χ3v) is 6.37. The highest BCUT2D eigenvalue weighted by molar-refractivity contribution is 6.34. The van der Waals surface area contributed by atoms with E-state index in [9.17, 15) is 9.59 Å². The fourth-order valence-corrected chi connectivity index (χ4v) is 4.41. The normalized spacial score (nSPS) is 22.3. The predicted octanol–water partition coefficient (Wildman–Crippen LogP) is 3.70. The van der Waals surface area contributed by atoms with Crippen molar-refractivity contribution in [2.24, 2.45) is 5.41 Å². The van der Waals surface area contributed by atoms with E-state index >= 15 is 0 Å². The van der Waals surface area contributed by atoms with Crippen molar-refractivity contribution in [3.05, 3.63) is 33.1 Å². The van der Waals surface area contributed by atoms with E-state index in [0.29, 0.717) is 28.8 Å². The molecule has 0 radical (unpaired) electrons. The van der Waals surface area contributed by atoms with Gasteiger partial charge in [-0.15, -0.1) is 5.10 Å². The van der Waals surface area contributed by atoms with Crippen LogP contribution in [-0.2, 0) is 16.0 Å². The molecule has 0 aromatic carbocycles. The molecular formula is C22H28ClN3O5. The van der Waals surface area contributed by atoms with Crippen molar-refractivity contribution in [3.8, 4) is 17.3 Å². The van der Waals surface area contributed by atoms with Crippen LogP contribution in [0.5, 0.6) is 5.88 Å². The summed E-state index contributed by atoms with van der Waals surface area (Å²) in [6.07, 6.45) is 3.38. The van der Waals surface area contributed by atoms with E-state index in [0.717, 1.165) is 12.8 Å². The van der Waals surface area contributed by atoms with E-state index in [1.807, 2.05) is 4.57 Å². The van der Waals surface area contributed by atoms with Gasteiger partial charge in [0.2, 0.25) is 0 Å². The number of ether oxygens (including phenoxy) is 3. The summed E-state index contributed by atoms with van der Waals surface area (Å²) in [6.45, 7) is 8.77. The molecule has 0 spiro atoms. The number of hydrogen-bond donors (Lipinski definition) is 0. The maximum Gasteiger partial charge on any atom is 0.343 e. The maximum atomic E-state index is 12.8. The van der Waals surface area contributed by atoms with Gasteiger partial charge in [0.05, 0.1) is 31.0 Å². The Morgan fingerprint density at radius 2 is 2.00 bits per heavy atom. The Kier molecular flexibility index (Phi) is 5.64. The highest BCUT2D eigenvalue weighted by Gasteiger charge is 2.38. The summed E-state index contributed by atoms with van der Waals surface area (Å²) in [5.74, 6) is -0.262. The number of pyridine rings is 1. The number of carbonyl (C=O) groups excluding carboxylic acids is 1. The summed E-state index contributed by atoms with van der Waals surface area (Å²) in [6, 6.07) is 1.38. The van der Waals surface area contributed by atoms with Crippen molar-refractivity contribution in [2.45, 2.75) is 65.3 Å². The van der Waals surface area contributed by atoms with Crippen LogP contribution in [0.4, 0.5) is 0 Å². The van der Waals surface area contributed by atoms with Crippen molar-refractivity contribution in [1.29, 1.82) is 0 Å². The summed E-state index contributed by atoms with van der Waals surface area (Å²) in [4.78, 5) is 25.1. The highest BCUT2D eigenvalue weighted by atomic mass is 35.5. The van der Waals surface area contributed by atoms with E-state index in [4.69, 9.17) is 25.8 Å². The highest BCUT2D eigenvalue weighted by Crippen LogP contribution is 2.45. The predicted molar refractivity (Wildman–Crippen MR) is 116 cm³/mol. The van der Waals surface area contributed by atoms with Crippen LogP contribution in [0.3, 0.4) is 0 Å². The summed E-state index contributed by atoms with van der Waals surface area (Å²) in [5, 5.41) is 4.98. The van der Waals surface area contributed by atoms with Crippen molar-refractivity contribution in [3.63, 3.8) is 0 Å². The molecule has 4 rings (SSSR count). The van der Waals surface area contributed by atoms with Crippen molar-refractivity contribution in [2.75, 3.05) is 13.7 Å². The molecule has 2 aromatic heterocycles. The van der Waals surface area contributed by atoms with Gasteiger partial charge in [-0.2, -0.15) is 0 Å². The second kappa shape index (κ2) is 7.98. The van der Waals surface area contributed by atoms with E-state index in [1.54, 1.807) is 24.9 Å². The fourth-order valence-electron chi connectivity index (χ4n) is 4.14. The molecule has 9 heteroatoms. The Balaban J connectivity index is 1.78. The van der Waals surface area contributed by atoms with Gasteiger partial charge in [0, 0.05) is 32.2 Å². The molecule has 1 atom stereocenters. The lowest BCUT2D eigenvalue weighted by molar-refractivity contribution is -0.0398. The van der Waals surface area contributed by atoms with Gasteiger partial charge in [0.1, 0.15) is 22.4 Å². The minimum Gasteiger partial charge on any atom is -0.472 e. The van der Waals surface area contributed by atoms with Gasteiger partial charge in [-0.25, -0.2) is 4.79 Å². The average Bonchev–Trinajstić information content (AvgIpc) is 2.98. The molecule has 2 aromatic rings. The monoisotopic (exact) mass is 449 g/mol. The molecule has 2 aliphatic rings. The van der Waals surface area contributed by atoms with Crippen molar-refractivity contribution >= 4 is 17.6 Å². The molecule has 8 nitrogen and oxygen atoms in total. The first kappa shape index (κ1) is 21.9. The van der Waals surface area contributed by atoms with Crippen LogP contribution in [0.1, 0.15) is 56.9 Å². The molecule has 3 heterocycles. The Bertz CT molecular complexity index is 1060.